The summed E-state index contributed by atoms with van der Waals surface area (Å²) in [6, 6.07) is 15.1. The quantitative estimate of drug-likeness (QED) is 0.540. The van der Waals surface area contributed by atoms with Gasteiger partial charge in [-0.15, -0.1) is 0 Å². The van der Waals surface area contributed by atoms with Crippen LogP contribution in [-0.2, 0) is 20.9 Å². The molecule has 0 atom stereocenters. The smallest absolute Gasteiger partial charge is 0.407 e. The highest BCUT2D eigenvalue weighted by atomic mass is 16.6. The summed E-state index contributed by atoms with van der Waals surface area (Å²) in [4.78, 5) is 35.6. The van der Waals surface area contributed by atoms with Gasteiger partial charge in [0.25, 0.3) is 0 Å². The molecule has 0 aromatic heterocycles. The molecule has 0 bridgehead atoms. The van der Waals surface area contributed by atoms with Crippen LogP contribution in [-0.4, -0.2) is 30.1 Å². The number of benzene rings is 2. The average Bonchev–Trinajstić information content (AvgIpc) is 2.71. The molecule has 7 nitrogen and oxygen atoms in total. The highest BCUT2D eigenvalue weighted by molar-refractivity contribution is 6.02. The topological polar surface area (TPSA) is 96.5 Å². The van der Waals surface area contributed by atoms with Gasteiger partial charge in [-0.25, -0.2) is 4.79 Å². The number of rotatable bonds is 8. The molecule has 0 fully saturated rings. The first kappa shape index (κ1) is 24.7. The Balaban J connectivity index is 1.72. The number of carbonyl (C=O) groups is 3. The van der Waals surface area contributed by atoms with Crippen molar-refractivity contribution < 1.29 is 19.1 Å². The molecule has 0 aliphatic rings. The van der Waals surface area contributed by atoms with Crippen molar-refractivity contribution in [3.63, 3.8) is 0 Å². The maximum Gasteiger partial charge on any atom is 0.407 e. The normalized spacial score (nSPS) is 11.1. The second-order valence-corrected chi connectivity index (χ2v) is 8.33. The molecule has 2 aromatic carbocycles. The van der Waals surface area contributed by atoms with Crippen molar-refractivity contribution in [1.82, 2.24) is 10.6 Å². The first-order valence-corrected chi connectivity index (χ1v) is 10.5. The molecule has 2 aromatic rings. The lowest BCUT2D eigenvalue weighted by atomic mass is 10.1. The van der Waals surface area contributed by atoms with Gasteiger partial charge < -0.3 is 20.7 Å². The lowest BCUT2D eigenvalue weighted by molar-refractivity contribution is -0.121. The van der Waals surface area contributed by atoms with Crippen LogP contribution in [0, 0.1) is 6.92 Å². The number of carbonyl (C=O) groups excluding carboxylic acids is 3. The maximum atomic E-state index is 12.1. The molecular weight excluding hydrogens is 406 g/mol. The van der Waals surface area contributed by atoms with Crippen LogP contribution < -0.4 is 16.0 Å². The summed E-state index contributed by atoms with van der Waals surface area (Å²) < 4.78 is 5.11. The van der Waals surface area contributed by atoms with E-state index in [0.29, 0.717) is 12.2 Å². The Kier molecular flexibility index (Phi) is 9.01. The Morgan fingerprint density at radius 2 is 1.66 bits per heavy atom. The number of amides is 3. The van der Waals surface area contributed by atoms with Crippen LogP contribution in [0.3, 0.4) is 0 Å². The van der Waals surface area contributed by atoms with Crippen LogP contribution in [0.1, 0.15) is 43.9 Å². The minimum absolute atomic E-state index is 0.153. The molecule has 2 rings (SSSR count). The molecule has 0 heterocycles. The van der Waals surface area contributed by atoms with Crippen molar-refractivity contribution in [3.05, 3.63) is 71.3 Å². The van der Waals surface area contributed by atoms with E-state index in [1.54, 1.807) is 39.0 Å². The van der Waals surface area contributed by atoms with Crippen molar-refractivity contribution in [1.29, 1.82) is 0 Å². The van der Waals surface area contributed by atoms with Crippen LogP contribution >= 0.6 is 0 Å². The summed E-state index contributed by atoms with van der Waals surface area (Å²) >= 11 is 0. The van der Waals surface area contributed by atoms with Gasteiger partial charge in [-0.3, -0.25) is 9.59 Å². The number of hydrogen-bond acceptors (Lipinski definition) is 4. The van der Waals surface area contributed by atoms with Crippen LogP contribution in [0.25, 0.3) is 6.08 Å². The van der Waals surface area contributed by atoms with Crippen LogP contribution in [0.15, 0.2) is 54.6 Å². The van der Waals surface area contributed by atoms with E-state index in [9.17, 15) is 14.4 Å². The van der Waals surface area contributed by atoms with E-state index in [-0.39, 0.29) is 24.8 Å². The highest BCUT2D eigenvalue weighted by Crippen LogP contribution is 2.12. The molecule has 0 saturated heterocycles. The number of nitrogens with one attached hydrogen (secondary N) is 3. The van der Waals surface area contributed by atoms with Crippen molar-refractivity contribution in [2.45, 2.75) is 46.3 Å². The number of alkyl carbamates (subject to hydrolysis) is 1. The number of ether oxygens (including phenoxy) is 1. The Hall–Kier alpha value is -3.61. The summed E-state index contributed by atoms with van der Waals surface area (Å²) in [6.07, 6.45) is 2.89. The maximum absolute atomic E-state index is 12.1. The van der Waals surface area contributed by atoms with E-state index >= 15 is 0 Å². The van der Waals surface area contributed by atoms with Gasteiger partial charge in [0, 0.05) is 31.3 Å². The Bertz CT molecular complexity index is 960. The zero-order valence-electron chi connectivity index (χ0n) is 19.0. The van der Waals surface area contributed by atoms with Gasteiger partial charge >= 0.3 is 6.09 Å². The Morgan fingerprint density at radius 3 is 2.31 bits per heavy atom. The fourth-order valence-corrected chi connectivity index (χ4v) is 2.71. The molecule has 0 aliphatic heterocycles. The zero-order valence-corrected chi connectivity index (χ0v) is 19.0. The third-order valence-corrected chi connectivity index (χ3v) is 4.33. The number of anilines is 1. The van der Waals surface area contributed by atoms with Gasteiger partial charge in [-0.1, -0.05) is 36.4 Å². The molecule has 0 spiro atoms. The second-order valence-electron chi connectivity index (χ2n) is 8.33. The molecule has 3 N–H and O–H groups in total. The molecule has 0 radical (unpaired) electrons. The van der Waals surface area contributed by atoms with Gasteiger partial charge in [0.2, 0.25) is 11.8 Å². The predicted molar refractivity (Wildman–Crippen MR) is 126 cm³/mol. The van der Waals surface area contributed by atoms with Crippen molar-refractivity contribution in [2.24, 2.45) is 0 Å². The monoisotopic (exact) mass is 437 g/mol. The number of hydrogen-bond donors (Lipinski definition) is 3. The van der Waals surface area contributed by atoms with Gasteiger partial charge in [0.15, 0.2) is 0 Å². The third-order valence-electron chi connectivity index (χ3n) is 4.33. The SMILES string of the molecule is Cc1ccccc1/C=C/C(=O)Nc1ccc(CNC(=O)CCNC(=O)OC(C)(C)C)cc1. The Labute approximate surface area is 189 Å². The van der Waals surface area contributed by atoms with Crippen LogP contribution in [0.2, 0.25) is 0 Å². The fourth-order valence-electron chi connectivity index (χ4n) is 2.71. The first-order valence-electron chi connectivity index (χ1n) is 10.5. The average molecular weight is 438 g/mol. The number of aryl methyl sites for hydroxylation is 1. The molecule has 0 unspecified atom stereocenters. The van der Waals surface area contributed by atoms with Gasteiger partial charge in [0.05, 0.1) is 0 Å². The molecular formula is C25H31N3O4. The van der Waals surface area contributed by atoms with Crippen molar-refractivity contribution in [3.8, 4) is 0 Å². The highest BCUT2D eigenvalue weighted by Gasteiger charge is 2.15. The molecule has 0 aliphatic carbocycles. The van der Waals surface area contributed by atoms with Crippen LogP contribution in [0.5, 0.6) is 0 Å². The predicted octanol–water partition coefficient (Wildman–Crippen LogP) is 4.18. The van der Waals surface area contributed by atoms with E-state index in [1.165, 1.54) is 6.08 Å². The van der Waals surface area contributed by atoms with Gasteiger partial charge in [-0.05, 0) is 62.6 Å². The summed E-state index contributed by atoms with van der Waals surface area (Å²) in [7, 11) is 0. The lowest BCUT2D eigenvalue weighted by Gasteiger charge is -2.19. The summed E-state index contributed by atoms with van der Waals surface area (Å²) in [6.45, 7) is 7.87. The second kappa shape index (κ2) is 11.7. The van der Waals surface area contributed by atoms with E-state index < -0.39 is 11.7 Å². The summed E-state index contributed by atoms with van der Waals surface area (Å²) in [5.74, 6) is -0.397. The first-order chi connectivity index (χ1) is 15.1. The van der Waals surface area contributed by atoms with E-state index in [2.05, 4.69) is 16.0 Å². The fraction of sp³-hybridized carbons (Fsp3) is 0.320. The molecule has 3 amide bonds. The molecule has 0 saturated carbocycles. The summed E-state index contributed by atoms with van der Waals surface area (Å²) in [5.41, 5.74) is 3.08. The van der Waals surface area contributed by atoms with E-state index in [1.807, 2.05) is 43.3 Å². The van der Waals surface area contributed by atoms with Crippen LogP contribution in [0.4, 0.5) is 10.5 Å². The third kappa shape index (κ3) is 9.47. The molecule has 170 valence electrons. The van der Waals surface area contributed by atoms with Gasteiger partial charge in [-0.2, -0.15) is 0 Å². The minimum atomic E-state index is -0.574. The molecule has 32 heavy (non-hydrogen) atoms. The zero-order chi connectivity index (χ0) is 23.6. The van der Waals surface area contributed by atoms with Crippen molar-refractivity contribution in [2.75, 3.05) is 11.9 Å². The van der Waals surface area contributed by atoms with E-state index in [0.717, 1.165) is 16.7 Å². The standard InChI is InChI=1S/C25H31N3O4/c1-18-7-5-6-8-20(18)11-14-23(30)28-21-12-9-19(10-13-21)17-27-22(29)15-16-26-24(31)32-25(2,3)4/h5-14H,15-17H2,1-4H3,(H,26,31)(H,27,29)(H,28,30)/b14-11+. The lowest BCUT2D eigenvalue weighted by Crippen LogP contribution is -2.35. The largest absolute Gasteiger partial charge is 0.444 e. The summed E-state index contributed by atoms with van der Waals surface area (Å²) in [5, 5.41) is 8.16. The Morgan fingerprint density at radius 1 is 0.969 bits per heavy atom. The van der Waals surface area contributed by atoms with Gasteiger partial charge in [0.1, 0.15) is 5.60 Å². The molecule has 7 heteroatoms. The van der Waals surface area contributed by atoms with Crippen molar-refractivity contribution >= 4 is 29.7 Å². The van der Waals surface area contributed by atoms with E-state index in [4.69, 9.17) is 4.74 Å². The minimum Gasteiger partial charge on any atom is -0.444 e.